The van der Waals surface area contributed by atoms with Gasteiger partial charge in [-0.05, 0) is 54.8 Å². The molecular formula is C21H25Cl2N5O. The monoisotopic (exact) mass is 433 g/mol. The Labute approximate surface area is 182 Å². The summed E-state index contributed by atoms with van der Waals surface area (Å²) in [6.07, 6.45) is 1.64. The van der Waals surface area contributed by atoms with Crippen molar-refractivity contribution in [3.05, 3.63) is 59.8 Å². The van der Waals surface area contributed by atoms with Crippen LogP contribution in [0, 0.1) is 11.3 Å². The van der Waals surface area contributed by atoms with Crippen LogP contribution in [0.2, 0.25) is 0 Å². The molecule has 154 valence electrons. The van der Waals surface area contributed by atoms with E-state index < -0.39 is 0 Å². The highest BCUT2D eigenvalue weighted by molar-refractivity contribution is 5.98. The zero-order valence-electron chi connectivity index (χ0n) is 15.9. The fraction of sp³-hybridized carbons (Fsp3) is 0.238. The number of H-pyrrole nitrogens is 1. The van der Waals surface area contributed by atoms with Gasteiger partial charge >= 0.3 is 0 Å². The van der Waals surface area contributed by atoms with Gasteiger partial charge in [0.2, 0.25) is 0 Å². The molecule has 0 spiro atoms. The molecule has 0 unspecified atom stereocenters. The Hall–Kier alpha value is -2.56. The number of benzene rings is 2. The zero-order valence-corrected chi connectivity index (χ0v) is 17.5. The van der Waals surface area contributed by atoms with E-state index in [2.05, 4.69) is 16.4 Å². The molecule has 3 aromatic rings. The number of hydrogen-bond acceptors (Lipinski definition) is 4. The van der Waals surface area contributed by atoms with Gasteiger partial charge in [0.05, 0.1) is 11.6 Å². The van der Waals surface area contributed by atoms with Crippen LogP contribution in [0.1, 0.15) is 28.9 Å². The van der Waals surface area contributed by atoms with E-state index in [1.807, 2.05) is 36.4 Å². The third-order valence-corrected chi connectivity index (χ3v) is 4.52. The Morgan fingerprint density at radius 3 is 2.45 bits per heavy atom. The maximum absolute atomic E-state index is 12.4. The third kappa shape index (κ3) is 6.21. The van der Waals surface area contributed by atoms with E-state index in [0.29, 0.717) is 24.3 Å². The Kier molecular flexibility index (Phi) is 9.66. The molecule has 0 aliphatic heterocycles. The summed E-state index contributed by atoms with van der Waals surface area (Å²) in [5, 5.41) is 12.7. The van der Waals surface area contributed by atoms with Crippen molar-refractivity contribution in [2.75, 3.05) is 13.1 Å². The summed E-state index contributed by atoms with van der Waals surface area (Å²) >= 11 is 0. The maximum Gasteiger partial charge on any atom is 0.267 e. The third-order valence-electron chi connectivity index (χ3n) is 4.52. The molecule has 1 aromatic heterocycles. The molecule has 8 heteroatoms. The number of hydrogen-bond donors (Lipinski definition) is 4. The Bertz CT molecular complexity index is 979. The van der Waals surface area contributed by atoms with Crippen molar-refractivity contribution in [1.82, 2.24) is 10.3 Å². The van der Waals surface area contributed by atoms with Gasteiger partial charge < -0.3 is 21.8 Å². The summed E-state index contributed by atoms with van der Waals surface area (Å²) in [5.74, 6) is -0.172. The summed E-state index contributed by atoms with van der Waals surface area (Å²) in [5.41, 5.74) is 15.5. The smallest absolute Gasteiger partial charge is 0.267 e. The van der Waals surface area contributed by atoms with Crippen LogP contribution in [-0.2, 0) is 0 Å². The van der Waals surface area contributed by atoms with Crippen molar-refractivity contribution in [3.8, 4) is 17.2 Å². The Morgan fingerprint density at radius 1 is 1.10 bits per heavy atom. The molecule has 6 nitrogen and oxygen atoms in total. The van der Waals surface area contributed by atoms with Crippen LogP contribution in [0.15, 0.2) is 48.5 Å². The molecule has 3 rings (SSSR count). The van der Waals surface area contributed by atoms with Crippen LogP contribution in [-0.4, -0.2) is 30.0 Å². The minimum absolute atomic E-state index is 0. The molecule has 0 aliphatic rings. The summed E-state index contributed by atoms with van der Waals surface area (Å²) in [4.78, 5) is 15.5. The first kappa shape index (κ1) is 24.5. The number of carbonyl (C=O) groups excluding carboxylic acids is 1. The van der Waals surface area contributed by atoms with Gasteiger partial charge in [-0.3, -0.25) is 4.79 Å². The lowest BCUT2D eigenvalue weighted by Crippen LogP contribution is -2.37. The van der Waals surface area contributed by atoms with Gasteiger partial charge in [-0.2, -0.15) is 5.26 Å². The van der Waals surface area contributed by atoms with Crippen LogP contribution in [0.5, 0.6) is 0 Å². The zero-order chi connectivity index (χ0) is 19.2. The first-order chi connectivity index (χ1) is 13.1. The number of fused-ring (bicyclic) bond motifs is 1. The number of nitriles is 1. The molecule has 0 saturated carbocycles. The number of rotatable bonds is 7. The van der Waals surface area contributed by atoms with Crippen molar-refractivity contribution in [1.29, 1.82) is 5.26 Å². The molecule has 0 radical (unpaired) electrons. The van der Waals surface area contributed by atoms with Crippen molar-refractivity contribution in [2.24, 2.45) is 11.5 Å². The summed E-state index contributed by atoms with van der Waals surface area (Å²) in [7, 11) is 0. The highest BCUT2D eigenvalue weighted by Crippen LogP contribution is 2.25. The number of halogens is 2. The first-order valence-corrected chi connectivity index (χ1v) is 8.98. The lowest BCUT2D eigenvalue weighted by atomic mass is 10.0. The number of aromatic amines is 1. The van der Waals surface area contributed by atoms with Crippen molar-refractivity contribution >= 4 is 41.6 Å². The topological polar surface area (TPSA) is 121 Å². The van der Waals surface area contributed by atoms with Gasteiger partial charge in [-0.1, -0.05) is 24.3 Å². The average Bonchev–Trinajstić information content (AvgIpc) is 3.14. The predicted octanol–water partition coefficient (Wildman–Crippen LogP) is 3.35. The van der Waals surface area contributed by atoms with Gasteiger partial charge in [0.15, 0.2) is 0 Å². The first-order valence-electron chi connectivity index (χ1n) is 8.98. The van der Waals surface area contributed by atoms with Crippen LogP contribution >= 0.6 is 24.8 Å². The number of nitrogens with two attached hydrogens (primary N) is 2. The van der Waals surface area contributed by atoms with Gasteiger partial charge in [0, 0.05) is 23.5 Å². The van der Waals surface area contributed by atoms with E-state index in [1.54, 1.807) is 12.1 Å². The van der Waals surface area contributed by atoms with Crippen molar-refractivity contribution in [3.63, 3.8) is 0 Å². The van der Waals surface area contributed by atoms with E-state index in [-0.39, 0.29) is 36.8 Å². The van der Waals surface area contributed by atoms with Gasteiger partial charge in [0.1, 0.15) is 5.69 Å². The van der Waals surface area contributed by atoms with E-state index in [1.165, 1.54) is 0 Å². The number of amides is 1. The van der Waals surface area contributed by atoms with Gasteiger partial charge in [-0.25, -0.2) is 0 Å². The molecule has 1 amide bonds. The minimum atomic E-state index is -0.172. The van der Waals surface area contributed by atoms with Crippen molar-refractivity contribution < 1.29 is 4.79 Å². The Balaban J connectivity index is 0.00000210. The molecular weight excluding hydrogens is 409 g/mol. The summed E-state index contributed by atoms with van der Waals surface area (Å²) < 4.78 is 0. The second-order valence-electron chi connectivity index (χ2n) is 6.58. The lowest BCUT2D eigenvalue weighted by Gasteiger charge is -2.11. The molecule has 2 aromatic carbocycles. The fourth-order valence-corrected chi connectivity index (χ4v) is 2.97. The number of nitrogens with one attached hydrogen (secondary N) is 2. The van der Waals surface area contributed by atoms with Crippen LogP contribution < -0.4 is 16.8 Å². The second kappa shape index (κ2) is 11.4. The molecule has 0 aliphatic carbocycles. The van der Waals surface area contributed by atoms with E-state index in [4.69, 9.17) is 16.7 Å². The largest absolute Gasteiger partial charge is 0.351 e. The average molecular weight is 434 g/mol. The number of nitrogens with zero attached hydrogens (tertiary/aromatic N) is 1. The molecule has 1 atom stereocenters. The summed E-state index contributed by atoms with van der Waals surface area (Å²) in [6, 6.07) is 17.3. The minimum Gasteiger partial charge on any atom is -0.351 e. The van der Waals surface area contributed by atoms with E-state index >= 15 is 0 Å². The van der Waals surface area contributed by atoms with Gasteiger partial charge in [0.25, 0.3) is 5.91 Å². The Morgan fingerprint density at radius 2 is 1.79 bits per heavy atom. The lowest BCUT2D eigenvalue weighted by molar-refractivity contribution is 0.0946. The normalized spacial score (nSPS) is 11.1. The van der Waals surface area contributed by atoms with E-state index in [0.717, 1.165) is 34.9 Å². The standard InChI is InChI=1S/C21H23N5O.2ClH/c22-9-1-2-18(24)13-25-21(27)20-11-17-8-7-16(10-19(17)26-20)15-5-3-14(12-23)4-6-15;;/h3-8,10-11,18,26H,1-2,9,13,22,24H2,(H,25,27);2*1H/t18-;;/m1../s1. The molecule has 1 heterocycles. The molecule has 0 bridgehead atoms. The van der Waals surface area contributed by atoms with Crippen LogP contribution in [0.25, 0.3) is 22.0 Å². The molecule has 6 N–H and O–H groups in total. The van der Waals surface area contributed by atoms with Gasteiger partial charge in [-0.15, -0.1) is 24.8 Å². The fourth-order valence-electron chi connectivity index (χ4n) is 2.97. The molecule has 0 fully saturated rings. The van der Waals surface area contributed by atoms with Crippen LogP contribution in [0.4, 0.5) is 0 Å². The number of aromatic nitrogens is 1. The number of carbonyl (C=O) groups is 1. The van der Waals surface area contributed by atoms with Crippen molar-refractivity contribution in [2.45, 2.75) is 18.9 Å². The second-order valence-corrected chi connectivity index (χ2v) is 6.58. The summed E-state index contributed by atoms with van der Waals surface area (Å²) in [6.45, 7) is 1.02. The highest BCUT2D eigenvalue weighted by atomic mass is 35.5. The maximum atomic E-state index is 12.4. The molecule has 0 saturated heterocycles. The molecule has 29 heavy (non-hydrogen) atoms. The quantitative estimate of drug-likeness (QED) is 0.456. The van der Waals surface area contributed by atoms with E-state index in [9.17, 15) is 4.79 Å². The highest BCUT2D eigenvalue weighted by Gasteiger charge is 2.11. The predicted molar refractivity (Wildman–Crippen MR) is 122 cm³/mol. The van der Waals surface area contributed by atoms with Crippen LogP contribution in [0.3, 0.4) is 0 Å². The SMILES string of the molecule is Cl.Cl.N#Cc1ccc(-c2ccc3cc(C(=O)NC[C@H](N)CCCN)[nH]c3c2)cc1.